The quantitative estimate of drug-likeness (QED) is 0.797. The number of ether oxygens (including phenoxy) is 1. The largest absolute Gasteiger partial charge is 0.383 e. The monoisotopic (exact) mass is 313 g/mol. The molecule has 2 rings (SSSR count). The Kier molecular flexibility index (Phi) is 5.90. The summed E-state index contributed by atoms with van der Waals surface area (Å²) in [4.78, 5) is 5.16. The Morgan fingerprint density at radius 2 is 2.30 bits per heavy atom. The van der Waals surface area contributed by atoms with E-state index in [0.29, 0.717) is 25.3 Å². The molecule has 1 N–H and O–H groups in total. The lowest BCUT2D eigenvalue weighted by molar-refractivity contribution is 0.199. The van der Waals surface area contributed by atoms with E-state index in [1.807, 2.05) is 13.0 Å². The summed E-state index contributed by atoms with van der Waals surface area (Å²) in [6, 6.07) is 5.09. The van der Waals surface area contributed by atoms with Gasteiger partial charge in [-0.1, -0.05) is 17.8 Å². The summed E-state index contributed by atoms with van der Waals surface area (Å²) in [5, 5.41) is 3.16. The molecule has 20 heavy (non-hydrogen) atoms. The number of hydrogen-bond acceptors (Lipinski definition) is 6. The van der Waals surface area contributed by atoms with Crippen LogP contribution in [0.5, 0.6) is 0 Å². The van der Waals surface area contributed by atoms with Gasteiger partial charge in [0.2, 0.25) is 0 Å². The van der Waals surface area contributed by atoms with Crippen LogP contribution in [0.3, 0.4) is 0 Å². The molecule has 0 radical (unpaired) electrons. The number of nitrogens with one attached hydrogen (secondary N) is 1. The molecule has 1 aromatic heterocycles. The molecular weight excluding hydrogens is 297 g/mol. The van der Waals surface area contributed by atoms with Crippen LogP contribution in [0.2, 0.25) is 0 Å². The van der Waals surface area contributed by atoms with Crippen molar-refractivity contribution in [3.8, 4) is 0 Å². The second-order valence-corrected chi connectivity index (χ2v) is 6.14. The first-order valence-electron chi connectivity index (χ1n) is 6.16. The van der Waals surface area contributed by atoms with Gasteiger partial charge in [0.1, 0.15) is 11.6 Å². The molecule has 108 valence electrons. The van der Waals surface area contributed by atoms with E-state index >= 15 is 0 Å². The van der Waals surface area contributed by atoms with Crippen LogP contribution in [0, 0.1) is 12.7 Å². The fourth-order valence-electron chi connectivity index (χ4n) is 1.61. The van der Waals surface area contributed by atoms with Gasteiger partial charge in [-0.3, -0.25) is 0 Å². The average molecular weight is 313 g/mol. The minimum absolute atomic E-state index is 0.207. The number of benzene rings is 1. The zero-order valence-corrected chi connectivity index (χ0v) is 13.0. The predicted octanol–water partition coefficient (Wildman–Crippen LogP) is 2.87. The molecule has 0 aliphatic rings. The third-order valence-electron chi connectivity index (χ3n) is 2.57. The van der Waals surface area contributed by atoms with Crippen molar-refractivity contribution in [1.82, 2.24) is 14.7 Å². The van der Waals surface area contributed by atoms with E-state index in [9.17, 15) is 4.39 Å². The Bertz CT molecular complexity index is 562. The molecule has 0 aliphatic carbocycles. The Balaban J connectivity index is 2.09. The minimum atomic E-state index is -0.207. The maximum atomic E-state index is 14.0. The number of nitrogens with zero attached hydrogens (tertiary/aromatic N) is 2. The summed E-state index contributed by atoms with van der Waals surface area (Å²) in [6.07, 6.45) is 0. The van der Waals surface area contributed by atoms with Crippen LogP contribution in [0.15, 0.2) is 27.4 Å². The molecule has 1 aromatic carbocycles. The van der Waals surface area contributed by atoms with E-state index in [1.165, 1.54) is 29.4 Å². The fourth-order valence-corrected chi connectivity index (χ4v) is 3.37. The van der Waals surface area contributed by atoms with Gasteiger partial charge in [0.25, 0.3) is 0 Å². The first kappa shape index (κ1) is 15.4. The third kappa shape index (κ3) is 4.24. The van der Waals surface area contributed by atoms with Crippen molar-refractivity contribution >= 4 is 23.3 Å². The highest BCUT2D eigenvalue weighted by Gasteiger charge is 2.11. The van der Waals surface area contributed by atoms with Crippen LogP contribution in [0.25, 0.3) is 0 Å². The summed E-state index contributed by atoms with van der Waals surface area (Å²) in [5.74, 6) is 0.537. The summed E-state index contributed by atoms with van der Waals surface area (Å²) in [5.41, 5.74) is 0.654. The number of rotatable bonds is 7. The third-order valence-corrected chi connectivity index (χ3v) is 4.51. The lowest BCUT2D eigenvalue weighted by Gasteiger charge is -2.10. The molecule has 0 atom stereocenters. The van der Waals surface area contributed by atoms with Crippen molar-refractivity contribution in [1.29, 1.82) is 0 Å². The van der Waals surface area contributed by atoms with E-state index in [2.05, 4.69) is 14.7 Å². The highest BCUT2D eigenvalue weighted by atomic mass is 32.2. The van der Waals surface area contributed by atoms with E-state index in [0.717, 1.165) is 15.1 Å². The summed E-state index contributed by atoms with van der Waals surface area (Å²) >= 11 is 2.78. The van der Waals surface area contributed by atoms with Gasteiger partial charge in [-0.05, 0) is 30.6 Å². The van der Waals surface area contributed by atoms with E-state index in [1.54, 1.807) is 13.2 Å². The van der Waals surface area contributed by atoms with Crippen molar-refractivity contribution < 1.29 is 9.13 Å². The van der Waals surface area contributed by atoms with E-state index in [4.69, 9.17) is 4.74 Å². The molecule has 0 unspecified atom stereocenters. The Morgan fingerprint density at radius 1 is 1.45 bits per heavy atom. The average Bonchev–Trinajstić information content (AvgIpc) is 2.83. The van der Waals surface area contributed by atoms with Crippen LogP contribution in [0.4, 0.5) is 4.39 Å². The molecular formula is C13H16FN3OS2. The second kappa shape index (κ2) is 7.68. The molecule has 1 heterocycles. The van der Waals surface area contributed by atoms with Crippen LogP contribution in [-0.4, -0.2) is 29.6 Å². The number of aromatic nitrogens is 2. The maximum Gasteiger partial charge on any atom is 0.174 e. The van der Waals surface area contributed by atoms with Gasteiger partial charge in [0.15, 0.2) is 4.34 Å². The first-order valence-corrected chi connectivity index (χ1v) is 7.75. The predicted molar refractivity (Wildman–Crippen MR) is 78.8 cm³/mol. The van der Waals surface area contributed by atoms with Crippen LogP contribution in [-0.2, 0) is 11.3 Å². The van der Waals surface area contributed by atoms with Gasteiger partial charge in [-0.15, -0.1) is 0 Å². The fraction of sp³-hybridized carbons (Fsp3) is 0.385. The van der Waals surface area contributed by atoms with Gasteiger partial charge < -0.3 is 10.1 Å². The molecule has 7 heteroatoms. The second-order valence-electron chi connectivity index (χ2n) is 4.10. The summed E-state index contributed by atoms with van der Waals surface area (Å²) < 4.78 is 23.9. The van der Waals surface area contributed by atoms with E-state index < -0.39 is 0 Å². The first-order chi connectivity index (χ1) is 9.70. The zero-order chi connectivity index (χ0) is 14.4. The van der Waals surface area contributed by atoms with Crippen LogP contribution < -0.4 is 5.32 Å². The highest BCUT2D eigenvalue weighted by molar-refractivity contribution is 8.01. The molecule has 0 bridgehead atoms. The molecule has 0 amide bonds. The standard InChI is InChI=1S/C13H16FN3OS2/c1-9-16-13(20-17-9)19-12-5-3-4-11(14)10(12)8-15-6-7-18-2/h3-5,15H,6-8H2,1-2H3. The minimum Gasteiger partial charge on any atom is -0.383 e. The number of halogens is 1. The van der Waals surface area contributed by atoms with Crippen molar-refractivity contribution in [2.45, 2.75) is 22.7 Å². The molecule has 2 aromatic rings. The smallest absolute Gasteiger partial charge is 0.174 e. The van der Waals surface area contributed by atoms with Gasteiger partial charge in [0, 0.05) is 30.7 Å². The van der Waals surface area contributed by atoms with Gasteiger partial charge in [-0.2, -0.15) is 4.37 Å². The number of methoxy groups -OCH3 is 1. The number of aryl methyl sites for hydroxylation is 1. The number of hydrogen-bond donors (Lipinski definition) is 1. The van der Waals surface area contributed by atoms with Crippen molar-refractivity contribution in [3.63, 3.8) is 0 Å². The SMILES string of the molecule is COCCNCc1c(F)cccc1Sc1nc(C)ns1. The Labute approximate surface area is 125 Å². The van der Waals surface area contributed by atoms with Crippen molar-refractivity contribution in [2.75, 3.05) is 20.3 Å². The normalized spacial score (nSPS) is 10.9. The van der Waals surface area contributed by atoms with Gasteiger partial charge >= 0.3 is 0 Å². The topological polar surface area (TPSA) is 47.0 Å². The molecule has 0 saturated heterocycles. The molecule has 4 nitrogen and oxygen atoms in total. The van der Waals surface area contributed by atoms with Gasteiger partial charge in [0.05, 0.1) is 6.61 Å². The highest BCUT2D eigenvalue weighted by Crippen LogP contribution is 2.32. The summed E-state index contributed by atoms with van der Waals surface area (Å²) in [6.45, 7) is 3.61. The van der Waals surface area contributed by atoms with Gasteiger partial charge in [-0.25, -0.2) is 9.37 Å². The molecule has 0 aliphatic heterocycles. The summed E-state index contributed by atoms with van der Waals surface area (Å²) in [7, 11) is 1.64. The lowest BCUT2D eigenvalue weighted by Crippen LogP contribution is -2.19. The molecule has 0 saturated carbocycles. The van der Waals surface area contributed by atoms with Crippen LogP contribution in [0.1, 0.15) is 11.4 Å². The molecule has 0 fully saturated rings. The maximum absolute atomic E-state index is 14.0. The Morgan fingerprint density at radius 3 is 3.00 bits per heavy atom. The zero-order valence-electron chi connectivity index (χ0n) is 11.4. The van der Waals surface area contributed by atoms with Crippen LogP contribution >= 0.6 is 23.3 Å². The molecule has 0 spiro atoms. The van der Waals surface area contributed by atoms with Crippen molar-refractivity contribution in [3.05, 3.63) is 35.4 Å². The lowest BCUT2D eigenvalue weighted by atomic mass is 10.2. The Hall–Kier alpha value is -1.02. The van der Waals surface area contributed by atoms with Crippen molar-refractivity contribution in [2.24, 2.45) is 0 Å². The van der Waals surface area contributed by atoms with E-state index in [-0.39, 0.29) is 5.82 Å².